The lowest BCUT2D eigenvalue weighted by Crippen LogP contribution is -2.64. The maximum Gasteiger partial charge on any atom is 0.397 e. The fraction of sp³-hybridized carbons (Fsp3) is 0.894. The smallest absolute Gasteiger partial charge is 0.397 e. The van der Waals surface area contributed by atoms with Crippen LogP contribution in [0.4, 0.5) is 0 Å². The number of ether oxygens (including phenoxy) is 9. The van der Waals surface area contributed by atoms with Crippen LogP contribution in [0, 0.1) is 40.4 Å². The maximum atomic E-state index is 12.6. The van der Waals surface area contributed by atoms with E-state index in [0.29, 0.717) is 24.8 Å². The molecule has 23 heteroatoms. The Kier molecular flexibility index (Phi) is 16.1. The maximum absolute atomic E-state index is 12.6. The standard InChI is InChI=1S/C47H74O22S/c1-20(18-61-42-38(55)37(54)35(52)30(17-48)65-42)10-13-47(60-7)21(2)33-29(68-47)16-28-26-9-8-24-14-25(50)15-32(46(24,6)27(26)11-12-45(28,33)5)66-44-41(67-43-39(56)36(53)34(51)22(3)63-43)40(64-23(4)49)31(19-62-44)69-70(57,58)59/h8,21-22,25-44,48,50-56H,1,9-19H2,2-7H3,(H,57,58,59). The van der Waals surface area contributed by atoms with Gasteiger partial charge in [0.1, 0.15) is 48.8 Å². The monoisotopic (exact) mass is 1020 g/mol. The largest absolute Gasteiger partial charge is 0.457 e. The highest BCUT2D eigenvalue weighted by Gasteiger charge is 2.69. The second kappa shape index (κ2) is 20.7. The molecule has 8 aliphatic rings. The summed E-state index contributed by atoms with van der Waals surface area (Å²) in [6.07, 6.45) is -15.9. The Morgan fingerprint density at radius 2 is 1.60 bits per heavy atom. The summed E-state index contributed by atoms with van der Waals surface area (Å²) in [4.78, 5) is 12.6. The first-order chi connectivity index (χ1) is 32.9. The van der Waals surface area contributed by atoms with Gasteiger partial charge in [-0.05, 0) is 74.5 Å². The second-order valence-corrected chi connectivity index (χ2v) is 22.5. The number of rotatable bonds is 15. The molecule has 0 radical (unpaired) electrons. The number of methoxy groups -OCH3 is 1. The number of hydrogen-bond donors (Lipinski definition) is 9. The van der Waals surface area contributed by atoms with Crippen molar-refractivity contribution in [1.29, 1.82) is 0 Å². The molecular formula is C47H74O22S. The number of allylic oxidation sites excluding steroid dienone is 1. The minimum Gasteiger partial charge on any atom is -0.457 e. The van der Waals surface area contributed by atoms with Gasteiger partial charge in [0.2, 0.25) is 0 Å². The van der Waals surface area contributed by atoms with Gasteiger partial charge in [-0.3, -0.25) is 9.35 Å². The number of fused-ring (bicyclic) bond motifs is 7. The van der Waals surface area contributed by atoms with E-state index >= 15 is 0 Å². The van der Waals surface area contributed by atoms with Gasteiger partial charge in [-0.25, -0.2) is 4.18 Å². The van der Waals surface area contributed by atoms with Crippen LogP contribution in [0.15, 0.2) is 23.8 Å². The van der Waals surface area contributed by atoms with Gasteiger partial charge >= 0.3 is 16.4 Å². The van der Waals surface area contributed by atoms with Crippen molar-refractivity contribution in [2.75, 3.05) is 26.9 Å². The molecule has 25 unspecified atom stereocenters. The van der Waals surface area contributed by atoms with Gasteiger partial charge in [-0.2, -0.15) is 8.42 Å². The molecule has 0 spiro atoms. The Morgan fingerprint density at radius 3 is 2.27 bits per heavy atom. The van der Waals surface area contributed by atoms with Crippen LogP contribution in [0.1, 0.15) is 86.0 Å². The minimum absolute atomic E-state index is 0.0224. The van der Waals surface area contributed by atoms with Gasteiger partial charge in [0.05, 0.1) is 44.2 Å². The number of carbonyl (C=O) groups excluding carboxylic acids is 1. The molecule has 8 rings (SSSR count). The molecule has 4 saturated heterocycles. The summed E-state index contributed by atoms with van der Waals surface area (Å²) in [5.74, 6) is -1.25. The fourth-order valence-corrected chi connectivity index (χ4v) is 14.5. The first-order valence-electron chi connectivity index (χ1n) is 24.5. The molecule has 70 heavy (non-hydrogen) atoms. The van der Waals surface area contributed by atoms with Crippen LogP contribution >= 0.6 is 0 Å². The molecule has 4 aliphatic heterocycles. The molecule has 0 amide bonds. The first kappa shape index (κ1) is 54.4. The van der Waals surface area contributed by atoms with Crippen molar-refractivity contribution >= 4 is 16.4 Å². The van der Waals surface area contributed by atoms with Crippen LogP contribution in [0.5, 0.6) is 0 Å². The van der Waals surface area contributed by atoms with Gasteiger partial charge < -0.3 is 83.5 Å². The van der Waals surface area contributed by atoms with Crippen molar-refractivity contribution < 1.29 is 105 Å². The molecule has 0 bridgehead atoms. The highest BCUT2D eigenvalue weighted by molar-refractivity contribution is 7.80. The molecule has 4 heterocycles. The SMILES string of the molecule is C=C(CCC1(OC)OC2CC3C4CC=C5CC(O)CC(OC6OCC(OS(=O)(=O)O)C(OC(C)=O)C6OC6OC(C)C(O)C(O)C6O)C5(C)C4CCC3(C)C2C1C)COC1OC(CO)C(O)C(O)C1O. The Hall–Kier alpha value is -1.82. The summed E-state index contributed by atoms with van der Waals surface area (Å²) < 4.78 is 93.7. The third-order valence-corrected chi connectivity index (χ3v) is 18.1. The van der Waals surface area contributed by atoms with Crippen molar-refractivity contribution in [3.8, 4) is 0 Å². The van der Waals surface area contributed by atoms with E-state index in [1.165, 1.54) is 6.92 Å². The van der Waals surface area contributed by atoms with Crippen molar-refractivity contribution in [3.05, 3.63) is 23.8 Å². The number of aliphatic hydroxyl groups excluding tert-OH is 8. The molecular weight excluding hydrogens is 949 g/mol. The summed E-state index contributed by atoms with van der Waals surface area (Å²) in [6, 6.07) is 0. The fourth-order valence-electron chi connectivity index (χ4n) is 14.0. The highest BCUT2D eigenvalue weighted by Crippen LogP contribution is 2.70. The van der Waals surface area contributed by atoms with E-state index in [4.69, 9.17) is 46.8 Å². The molecule has 22 nitrogen and oxygen atoms in total. The molecule has 7 fully saturated rings. The molecule has 4 aliphatic carbocycles. The predicted molar refractivity (Wildman–Crippen MR) is 238 cm³/mol. The molecule has 400 valence electrons. The Bertz CT molecular complexity index is 2020. The number of esters is 1. The average molecular weight is 1020 g/mol. The highest BCUT2D eigenvalue weighted by atomic mass is 32.3. The van der Waals surface area contributed by atoms with Crippen molar-refractivity contribution in [2.24, 2.45) is 40.4 Å². The van der Waals surface area contributed by atoms with E-state index in [-0.39, 0.29) is 54.1 Å². The number of carbonyl (C=O) groups is 1. The summed E-state index contributed by atoms with van der Waals surface area (Å²) in [5.41, 5.74) is 0.857. The van der Waals surface area contributed by atoms with Gasteiger partial charge in [0.15, 0.2) is 36.9 Å². The Balaban J connectivity index is 0.992. The number of aliphatic hydroxyl groups is 8. The molecule has 0 aromatic heterocycles. The van der Waals surface area contributed by atoms with Crippen LogP contribution in [0.25, 0.3) is 0 Å². The van der Waals surface area contributed by atoms with E-state index in [0.717, 1.165) is 38.2 Å². The van der Waals surface area contributed by atoms with Crippen LogP contribution in [-0.2, 0) is 62.0 Å². The van der Waals surface area contributed by atoms with E-state index < -0.39 is 139 Å². The molecule has 25 atom stereocenters. The van der Waals surface area contributed by atoms with Gasteiger partial charge in [-0.1, -0.05) is 44.6 Å². The molecule has 0 aromatic rings. The summed E-state index contributed by atoms with van der Waals surface area (Å²) in [6.45, 7) is 12.2. The van der Waals surface area contributed by atoms with Crippen LogP contribution in [0.2, 0.25) is 0 Å². The lowest BCUT2D eigenvalue weighted by molar-refractivity contribution is -0.361. The van der Waals surface area contributed by atoms with Crippen LogP contribution in [0.3, 0.4) is 0 Å². The molecule has 3 saturated carbocycles. The second-order valence-electron chi connectivity index (χ2n) is 21.5. The van der Waals surface area contributed by atoms with Gasteiger partial charge in [-0.15, -0.1) is 0 Å². The van der Waals surface area contributed by atoms with E-state index in [1.807, 2.05) is 0 Å². The Morgan fingerprint density at radius 1 is 0.900 bits per heavy atom. The predicted octanol–water partition coefficient (Wildman–Crippen LogP) is -0.249. The van der Waals surface area contributed by atoms with E-state index in [9.17, 15) is 58.6 Å². The van der Waals surface area contributed by atoms with Crippen LogP contribution < -0.4 is 0 Å². The van der Waals surface area contributed by atoms with Crippen molar-refractivity contribution in [3.63, 3.8) is 0 Å². The van der Waals surface area contributed by atoms with E-state index in [2.05, 4.69) is 33.4 Å². The number of hydrogen-bond acceptors (Lipinski definition) is 21. The molecule has 0 aromatic carbocycles. The van der Waals surface area contributed by atoms with Crippen molar-refractivity contribution in [2.45, 2.75) is 196 Å². The normalized spacial score (nSPS) is 50.3. The van der Waals surface area contributed by atoms with E-state index in [1.54, 1.807) is 7.11 Å². The first-order valence-corrected chi connectivity index (χ1v) is 25.9. The summed E-state index contributed by atoms with van der Waals surface area (Å²) in [5, 5.41) is 83.8. The summed E-state index contributed by atoms with van der Waals surface area (Å²) >= 11 is 0. The Labute approximate surface area is 408 Å². The lowest BCUT2D eigenvalue weighted by Gasteiger charge is -2.60. The van der Waals surface area contributed by atoms with Crippen LogP contribution in [-0.4, -0.2) is 197 Å². The lowest BCUT2D eigenvalue weighted by atomic mass is 9.46. The third kappa shape index (κ3) is 9.94. The molecule has 9 N–H and O–H groups in total. The minimum atomic E-state index is -5.14. The average Bonchev–Trinajstić information content (AvgIpc) is 3.76. The zero-order valence-corrected chi connectivity index (χ0v) is 41.3. The van der Waals surface area contributed by atoms with Gasteiger partial charge in [0, 0.05) is 38.2 Å². The third-order valence-electron chi connectivity index (χ3n) is 17.6. The van der Waals surface area contributed by atoms with Gasteiger partial charge in [0.25, 0.3) is 0 Å². The topological polar surface area (TPSA) is 326 Å². The quantitative estimate of drug-likeness (QED) is 0.0580. The summed E-state index contributed by atoms with van der Waals surface area (Å²) in [7, 11) is -3.49. The van der Waals surface area contributed by atoms with Crippen molar-refractivity contribution in [1.82, 2.24) is 0 Å². The zero-order valence-electron chi connectivity index (χ0n) is 40.5. The zero-order chi connectivity index (χ0) is 51.0.